The monoisotopic (exact) mass is 312 g/mol. The van der Waals surface area contributed by atoms with E-state index in [2.05, 4.69) is 10.6 Å². The summed E-state index contributed by atoms with van der Waals surface area (Å²) in [5, 5.41) is 5.83. The van der Waals surface area contributed by atoms with Gasteiger partial charge in [-0.3, -0.25) is 9.59 Å². The van der Waals surface area contributed by atoms with Crippen molar-refractivity contribution < 1.29 is 9.59 Å². The summed E-state index contributed by atoms with van der Waals surface area (Å²) in [4.78, 5) is 24.9. The van der Waals surface area contributed by atoms with Crippen LogP contribution in [0.15, 0.2) is 18.2 Å². The molecule has 21 heavy (non-hydrogen) atoms. The van der Waals surface area contributed by atoms with Crippen LogP contribution in [0.5, 0.6) is 0 Å². The lowest BCUT2D eigenvalue weighted by molar-refractivity contribution is -0.120. The van der Waals surface area contributed by atoms with Crippen molar-refractivity contribution in [2.24, 2.45) is 0 Å². The quantitative estimate of drug-likeness (QED) is 0.663. The first-order valence-corrected chi connectivity index (χ1v) is 7.04. The normalized spacial score (nSPS) is 10.5. The number of amides is 2. The zero-order valence-electron chi connectivity index (χ0n) is 12.3. The average molecular weight is 313 g/mol. The summed E-state index contributed by atoms with van der Waals surface area (Å²) >= 11 is 5.80. The molecule has 116 valence electrons. The molecule has 0 atom stereocenters. The van der Waals surface area contributed by atoms with E-state index in [0.29, 0.717) is 42.3 Å². The summed E-state index contributed by atoms with van der Waals surface area (Å²) in [7, 11) is 3.47. The Morgan fingerprint density at radius 2 is 1.86 bits per heavy atom. The van der Waals surface area contributed by atoms with Crippen molar-refractivity contribution >= 4 is 34.8 Å². The van der Waals surface area contributed by atoms with Crippen molar-refractivity contribution in [2.45, 2.75) is 12.8 Å². The van der Waals surface area contributed by atoms with Crippen molar-refractivity contribution in [3.8, 4) is 0 Å². The van der Waals surface area contributed by atoms with Gasteiger partial charge in [-0.15, -0.1) is 0 Å². The molecule has 1 aromatic rings. The highest BCUT2D eigenvalue weighted by molar-refractivity contribution is 6.31. The van der Waals surface area contributed by atoms with E-state index < -0.39 is 0 Å². The summed E-state index contributed by atoms with van der Waals surface area (Å²) < 4.78 is 0. The first kappa shape index (κ1) is 17.3. The Hall–Kier alpha value is -1.79. The lowest BCUT2D eigenvalue weighted by Gasteiger charge is -2.16. The second-order valence-corrected chi connectivity index (χ2v) is 5.19. The number of rotatable bonds is 7. The maximum Gasteiger partial charge on any atom is 0.225 e. The maximum atomic E-state index is 11.8. The van der Waals surface area contributed by atoms with Gasteiger partial charge in [0.15, 0.2) is 0 Å². The topological polar surface area (TPSA) is 87.5 Å². The van der Waals surface area contributed by atoms with E-state index in [9.17, 15) is 9.59 Å². The molecular formula is C14H21ClN4O2. The summed E-state index contributed by atoms with van der Waals surface area (Å²) in [6.45, 7) is 1.17. The van der Waals surface area contributed by atoms with Crippen LogP contribution in [-0.4, -0.2) is 43.9 Å². The van der Waals surface area contributed by atoms with Crippen LogP contribution in [0.25, 0.3) is 0 Å². The fraction of sp³-hybridized carbons (Fsp3) is 0.429. The first-order chi connectivity index (χ1) is 9.92. The van der Waals surface area contributed by atoms with Crippen LogP contribution in [-0.2, 0) is 9.59 Å². The van der Waals surface area contributed by atoms with Gasteiger partial charge < -0.3 is 21.3 Å². The number of benzene rings is 1. The van der Waals surface area contributed by atoms with Crippen LogP contribution >= 0.6 is 11.6 Å². The molecule has 0 unspecified atom stereocenters. The molecular weight excluding hydrogens is 292 g/mol. The fourth-order valence-electron chi connectivity index (χ4n) is 1.68. The Labute approximate surface area is 129 Å². The molecule has 0 spiro atoms. The smallest absolute Gasteiger partial charge is 0.225 e. The predicted molar refractivity (Wildman–Crippen MR) is 85.3 cm³/mol. The van der Waals surface area contributed by atoms with Gasteiger partial charge in [-0.25, -0.2) is 0 Å². The van der Waals surface area contributed by atoms with E-state index in [-0.39, 0.29) is 11.8 Å². The van der Waals surface area contributed by atoms with E-state index in [1.54, 1.807) is 25.2 Å². The van der Waals surface area contributed by atoms with E-state index in [0.717, 1.165) is 0 Å². The van der Waals surface area contributed by atoms with Crippen molar-refractivity contribution in [3.63, 3.8) is 0 Å². The Balaban J connectivity index is 2.35. The summed E-state index contributed by atoms with van der Waals surface area (Å²) in [5.74, 6) is -0.143. The van der Waals surface area contributed by atoms with Crippen molar-refractivity contribution in [1.29, 1.82) is 0 Å². The largest absolute Gasteiger partial charge is 0.397 e. The highest BCUT2D eigenvalue weighted by Crippen LogP contribution is 2.22. The molecule has 0 aliphatic carbocycles. The fourth-order valence-corrected chi connectivity index (χ4v) is 1.86. The van der Waals surface area contributed by atoms with Gasteiger partial charge in [0.2, 0.25) is 11.8 Å². The van der Waals surface area contributed by atoms with Gasteiger partial charge in [-0.1, -0.05) is 11.6 Å². The summed E-state index contributed by atoms with van der Waals surface area (Å²) in [6.07, 6.45) is 0.741. The van der Waals surface area contributed by atoms with Crippen molar-refractivity contribution in [1.82, 2.24) is 10.2 Å². The van der Waals surface area contributed by atoms with Crippen molar-refractivity contribution in [2.75, 3.05) is 38.2 Å². The molecule has 0 fully saturated rings. The second-order valence-electron chi connectivity index (χ2n) is 4.76. The van der Waals surface area contributed by atoms with Gasteiger partial charge in [-0.2, -0.15) is 0 Å². The molecule has 2 amide bonds. The van der Waals surface area contributed by atoms with Crippen molar-refractivity contribution in [3.05, 3.63) is 23.2 Å². The first-order valence-electron chi connectivity index (χ1n) is 6.66. The molecule has 1 rings (SSSR count). The minimum absolute atomic E-state index is 0.0137. The molecule has 7 heteroatoms. The zero-order valence-corrected chi connectivity index (χ0v) is 13.0. The Kier molecular flexibility index (Phi) is 6.98. The molecule has 4 N–H and O–H groups in total. The number of halogens is 1. The summed E-state index contributed by atoms with van der Waals surface area (Å²) in [6, 6.07) is 4.93. The molecule has 0 saturated heterocycles. The number of nitrogens with zero attached hydrogens (tertiary/aromatic N) is 1. The van der Waals surface area contributed by atoms with Gasteiger partial charge in [-0.05, 0) is 25.2 Å². The van der Waals surface area contributed by atoms with E-state index in [1.165, 1.54) is 0 Å². The van der Waals surface area contributed by atoms with Crippen LogP contribution in [0.1, 0.15) is 12.8 Å². The van der Waals surface area contributed by atoms with Crippen LogP contribution < -0.4 is 16.4 Å². The Bertz CT molecular complexity index is 508. The highest BCUT2D eigenvalue weighted by Gasteiger charge is 2.08. The third-order valence-corrected chi connectivity index (χ3v) is 3.24. The van der Waals surface area contributed by atoms with E-state index >= 15 is 0 Å². The standard InChI is InChI=1S/C14H21ClN4O2/c1-17-13(20)5-7-19(2)8-6-14(21)18-12-4-3-10(15)9-11(12)16/h3-4,9H,5-8,16H2,1-2H3,(H,17,20)(H,18,21). The third kappa shape index (κ3) is 6.46. The lowest BCUT2D eigenvalue weighted by Crippen LogP contribution is -2.29. The molecule has 0 saturated carbocycles. The Morgan fingerprint density at radius 1 is 1.24 bits per heavy atom. The number of nitrogens with one attached hydrogen (secondary N) is 2. The second kappa shape index (κ2) is 8.49. The number of hydrogen-bond donors (Lipinski definition) is 3. The highest BCUT2D eigenvalue weighted by atomic mass is 35.5. The minimum Gasteiger partial charge on any atom is -0.397 e. The minimum atomic E-state index is -0.129. The van der Waals surface area contributed by atoms with Crippen LogP contribution in [0.2, 0.25) is 5.02 Å². The van der Waals surface area contributed by atoms with Gasteiger partial charge in [0.1, 0.15) is 0 Å². The molecule has 0 aromatic heterocycles. The van der Waals surface area contributed by atoms with Crippen LogP contribution in [0, 0.1) is 0 Å². The molecule has 6 nitrogen and oxygen atoms in total. The van der Waals surface area contributed by atoms with Crippen LogP contribution in [0.3, 0.4) is 0 Å². The van der Waals surface area contributed by atoms with E-state index in [4.69, 9.17) is 17.3 Å². The molecule has 0 bridgehead atoms. The zero-order chi connectivity index (χ0) is 15.8. The third-order valence-electron chi connectivity index (χ3n) is 3.01. The van der Waals surface area contributed by atoms with Gasteiger partial charge in [0.05, 0.1) is 11.4 Å². The molecule has 1 aromatic carbocycles. The summed E-state index contributed by atoms with van der Waals surface area (Å²) in [5.41, 5.74) is 6.76. The van der Waals surface area contributed by atoms with E-state index in [1.807, 2.05) is 11.9 Å². The maximum absolute atomic E-state index is 11.8. The number of nitrogen functional groups attached to an aromatic ring is 1. The molecule has 0 aliphatic rings. The number of carbonyl (C=O) groups is 2. The Morgan fingerprint density at radius 3 is 2.43 bits per heavy atom. The van der Waals surface area contributed by atoms with Crippen LogP contribution in [0.4, 0.5) is 11.4 Å². The number of nitrogens with two attached hydrogens (primary N) is 1. The van der Waals surface area contributed by atoms with Gasteiger partial charge >= 0.3 is 0 Å². The number of anilines is 2. The average Bonchev–Trinajstić information content (AvgIpc) is 2.45. The van der Waals surface area contributed by atoms with Gasteiger partial charge in [0.25, 0.3) is 0 Å². The molecule has 0 radical (unpaired) electrons. The molecule has 0 heterocycles. The number of carbonyl (C=O) groups excluding carboxylic acids is 2. The molecule has 0 aliphatic heterocycles. The van der Waals surface area contributed by atoms with Gasteiger partial charge in [0, 0.05) is 38.0 Å². The predicted octanol–water partition coefficient (Wildman–Crippen LogP) is 1.32. The number of hydrogen-bond acceptors (Lipinski definition) is 4. The SMILES string of the molecule is CNC(=O)CCN(C)CCC(=O)Nc1ccc(Cl)cc1N. The lowest BCUT2D eigenvalue weighted by atomic mass is 10.2.